The summed E-state index contributed by atoms with van der Waals surface area (Å²) < 4.78 is 23.9. The zero-order valence-corrected chi connectivity index (χ0v) is 30.6. The lowest BCUT2D eigenvalue weighted by Crippen LogP contribution is -2.55. The smallest absolute Gasteiger partial charge is 0.335 e. The van der Waals surface area contributed by atoms with Gasteiger partial charge in [0, 0.05) is 31.3 Å². The van der Waals surface area contributed by atoms with Crippen LogP contribution in [0.5, 0.6) is 0 Å². The van der Waals surface area contributed by atoms with Crippen molar-refractivity contribution in [3.63, 3.8) is 0 Å². The quantitative estimate of drug-likeness (QED) is 0.166. The van der Waals surface area contributed by atoms with Gasteiger partial charge >= 0.3 is 11.9 Å². The highest BCUT2D eigenvalue weighted by molar-refractivity contribution is 5.82. The first kappa shape index (κ1) is 41.3. The van der Waals surface area contributed by atoms with Crippen LogP contribution in [0.4, 0.5) is 0 Å². The summed E-state index contributed by atoms with van der Waals surface area (Å²) in [6.07, 6.45) is 21.0. The summed E-state index contributed by atoms with van der Waals surface area (Å²) in [6.45, 7) is 13.9. The summed E-state index contributed by atoms with van der Waals surface area (Å²) in [5, 5.41) is 31.6. The summed E-state index contributed by atoms with van der Waals surface area (Å²) >= 11 is 0. The molecule has 0 saturated carbocycles. The standard InChI is InChI=1S/C41H60O9/c1-28(2)21-22-30(4)26-47-40(46)34(43)18-13-14-19-37-41(6,27-42)38-25-33(49-37)17-10-7-9-15-29(3)23-36-31(5)35(44)24-32(48-36)16-11-8-12-20-39(45)50-38/h8-15,17,20,23,28,31-38,42-44H,4,7,16,18-19,21-22,24-27H2,1-3,5-6H3/b11-8+,14-13+,15-9+,17-10-,20-12+,29-23-. The fraction of sp³-hybridized carbons (Fsp3) is 0.610. The van der Waals surface area contributed by atoms with Crippen LogP contribution >= 0.6 is 0 Å². The third-order valence-electron chi connectivity index (χ3n) is 9.79. The molecule has 2 saturated heterocycles. The lowest BCUT2D eigenvalue weighted by Gasteiger charge is -2.47. The van der Waals surface area contributed by atoms with Crippen molar-refractivity contribution in [2.75, 3.05) is 13.2 Å². The summed E-state index contributed by atoms with van der Waals surface area (Å²) in [4.78, 5) is 25.3. The first-order chi connectivity index (χ1) is 23.8. The van der Waals surface area contributed by atoms with Crippen LogP contribution in [0, 0.1) is 17.3 Å². The summed E-state index contributed by atoms with van der Waals surface area (Å²) in [7, 11) is 0. The van der Waals surface area contributed by atoms with Crippen LogP contribution in [0.1, 0.15) is 86.0 Å². The highest BCUT2D eigenvalue weighted by atomic mass is 16.6. The van der Waals surface area contributed by atoms with Crippen LogP contribution in [-0.4, -0.2) is 83.2 Å². The molecule has 9 atom stereocenters. The van der Waals surface area contributed by atoms with Gasteiger partial charge in [0.1, 0.15) is 12.7 Å². The highest BCUT2D eigenvalue weighted by Gasteiger charge is 2.49. The Labute approximate surface area is 299 Å². The minimum atomic E-state index is -1.31. The molecule has 3 rings (SSSR count). The summed E-state index contributed by atoms with van der Waals surface area (Å²) in [5.74, 6) is -0.720. The van der Waals surface area contributed by atoms with E-state index in [1.807, 2.05) is 57.2 Å². The van der Waals surface area contributed by atoms with Crippen LogP contribution in [0.3, 0.4) is 0 Å². The minimum Gasteiger partial charge on any atom is -0.459 e. The third kappa shape index (κ3) is 13.2. The van der Waals surface area contributed by atoms with Gasteiger partial charge in [0.25, 0.3) is 0 Å². The topological polar surface area (TPSA) is 132 Å². The van der Waals surface area contributed by atoms with E-state index in [4.69, 9.17) is 18.9 Å². The van der Waals surface area contributed by atoms with Crippen molar-refractivity contribution in [3.8, 4) is 0 Å². The number of hydrogen-bond donors (Lipinski definition) is 3. The second-order valence-corrected chi connectivity index (χ2v) is 14.6. The predicted octanol–water partition coefficient (Wildman–Crippen LogP) is 6.41. The van der Waals surface area contributed by atoms with Gasteiger partial charge < -0.3 is 34.3 Å². The number of aliphatic hydroxyl groups is 3. The molecule has 9 nitrogen and oxygen atoms in total. The number of fused-ring (bicyclic) bond motifs is 4. The number of carbonyl (C=O) groups excluding carboxylic acids is 2. The van der Waals surface area contributed by atoms with E-state index in [-0.39, 0.29) is 43.9 Å². The van der Waals surface area contributed by atoms with E-state index in [0.29, 0.717) is 38.0 Å². The SMILES string of the molecule is C=C(CCC(C)C)COC(=O)C(O)C/C=C/CC1OC2/C=C\C/C=C/C(C)=C\C3OC(C/C=C/C=C/C(=O)OC(C2)C1(C)CO)CC(O)C3C. The van der Waals surface area contributed by atoms with Crippen LogP contribution in [-0.2, 0) is 28.5 Å². The molecule has 3 aliphatic rings. The molecule has 0 aromatic heterocycles. The first-order valence-electron chi connectivity index (χ1n) is 18.1. The van der Waals surface area contributed by atoms with Gasteiger partial charge in [-0.1, -0.05) is 101 Å². The van der Waals surface area contributed by atoms with E-state index in [1.165, 1.54) is 6.08 Å². The fourth-order valence-corrected chi connectivity index (χ4v) is 6.27. The van der Waals surface area contributed by atoms with Crippen molar-refractivity contribution < 1.29 is 43.9 Å². The number of aliphatic hydroxyl groups excluding tert-OH is 3. The second-order valence-electron chi connectivity index (χ2n) is 14.6. The molecule has 0 radical (unpaired) electrons. The lowest BCUT2D eigenvalue weighted by molar-refractivity contribution is -0.198. The third-order valence-corrected chi connectivity index (χ3v) is 9.79. The average molecular weight is 697 g/mol. The molecule has 0 aromatic rings. The zero-order valence-electron chi connectivity index (χ0n) is 30.6. The molecule has 9 heteroatoms. The van der Waals surface area contributed by atoms with Crippen LogP contribution in [0.25, 0.3) is 0 Å². The Morgan fingerprint density at radius 2 is 1.92 bits per heavy atom. The van der Waals surface area contributed by atoms with Crippen molar-refractivity contribution >= 4 is 11.9 Å². The van der Waals surface area contributed by atoms with Gasteiger partial charge in [0.15, 0.2) is 6.10 Å². The molecular weight excluding hydrogens is 636 g/mol. The summed E-state index contributed by atoms with van der Waals surface area (Å²) in [5.41, 5.74) is 0.954. The molecule has 0 spiro atoms. The Morgan fingerprint density at radius 3 is 2.66 bits per heavy atom. The normalized spacial score (nSPS) is 35.3. The number of ether oxygens (including phenoxy) is 4. The van der Waals surface area contributed by atoms with Gasteiger partial charge in [0.05, 0.1) is 42.5 Å². The Kier molecular flexibility index (Phi) is 17.1. The second kappa shape index (κ2) is 20.7. The fourth-order valence-electron chi connectivity index (χ4n) is 6.27. The van der Waals surface area contributed by atoms with Crippen LogP contribution in [0.2, 0.25) is 0 Å². The zero-order chi connectivity index (χ0) is 36.7. The first-order valence-corrected chi connectivity index (χ1v) is 18.1. The van der Waals surface area contributed by atoms with Gasteiger partial charge in [-0.05, 0) is 50.5 Å². The molecule has 2 fully saturated rings. The van der Waals surface area contributed by atoms with Gasteiger partial charge in [-0.15, -0.1) is 0 Å². The molecule has 3 aliphatic heterocycles. The Balaban J connectivity index is 1.71. The number of hydrogen-bond acceptors (Lipinski definition) is 9. The number of allylic oxidation sites excluding steroid dienone is 6. The maximum atomic E-state index is 13.0. The average Bonchev–Trinajstić information content (AvgIpc) is 3.07. The lowest BCUT2D eigenvalue weighted by atomic mass is 9.73. The van der Waals surface area contributed by atoms with E-state index in [2.05, 4.69) is 26.5 Å². The Hall–Kier alpha value is -3.08. The van der Waals surface area contributed by atoms with Gasteiger partial charge in [0.2, 0.25) is 0 Å². The van der Waals surface area contributed by atoms with E-state index in [9.17, 15) is 24.9 Å². The Bertz CT molecular complexity index is 1290. The van der Waals surface area contributed by atoms with Crippen LogP contribution < -0.4 is 0 Å². The van der Waals surface area contributed by atoms with Gasteiger partial charge in [-0.3, -0.25) is 0 Å². The van der Waals surface area contributed by atoms with E-state index in [0.717, 1.165) is 24.0 Å². The Morgan fingerprint density at radius 1 is 1.14 bits per heavy atom. The van der Waals surface area contributed by atoms with Crippen molar-refractivity contribution in [1.82, 2.24) is 0 Å². The summed E-state index contributed by atoms with van der Waals surface area (Å²) in [6, 6.07) is 0. The van der Waals surface area contributed by atoms with Crippen LogP contribution in [0.15, 0.2) is 84.6 Å². The van der Waals surface area contributed by atoms with E-state index >= 15 is 0 Å². The minimum absolute atomic E-state index is 0.0218. The molecule has 50 heavy (non-hydrogen) atoms. The molecule has 0 amide bonds. The van der Waals surface area contributed by atoms with Crippen molar-refractivity contribution in [3.05, 3.63) is 84.6 Å². The predicted molar refractivity (Wildman–Crippen MR) is 195 cm³/mol. The molecule has 0 aromatic carbocycles. The van der Waals surface area contributed by atoms with Crippen molar-refractivity contribution in [1.29, 1.82) is 0 Å². The van der Waals surface area contributed by atoms with Crippen molar-refractivity contribution in [2.24, 2.45) is 17.3 Å². The molecule has 3 N–H and O–H groups in total. The largest absolute Gasteiger partial charge is 0.459 e. The maximum absolute atomic E-state index is 13.0. The highest BCUT2D eigenvalue weighted by Crippen LogP contribution is 2.41. The molecule has 278 valence electrons. The number of carbonyl (C=O) groups is 2. The van der Waals surface area contributed by atoms with E-state index < -0.39 is 41.8 Å². The van der Waals surface area contributed by atoms with Gasteiger partial charge in [-0.2, -0.15) is 0 Å². The molecule has 0 aliphatic carbocycles. The maximum Gasteiger partial charge on any atom is 0.335 e. The van der Waals surface area contributed by atoms with Crippen molar-refractivity contribution in [2.45, 2.75) is 129 Å². The van der Waals surface area contributed by atoms with Gasteiger partial charge in [-0.25, -0.2) is 9.59 Å². The molecule has 4 bridgehead atoms. The molecular formula is C41H60O9. The number of rotatable bonds is 11. The number of esters is 2. The monoisotopic (exact) mass is 696 g/mol. The molecule has 3 heterocycles. The molecule has 9 unspecified atom stereocenters. The van der Waals surface area contributed by atoms with E-state index in [1.54, 1.807) is 18.2 Å².